The maximum absolute atomic E-state index is 12.1. The summed E-state index contributed by atoms with van der Waals surface area (Å²) in [5.41, 5.74) is 3.15. The number of hydrogen-bond donors (Lipinski definition) is 0. The summed E-state index contributed by atoms with van der Waals surface area (Å²) in [6, 6.07) is 11.8. The lowest BCUT2D eigenvalue weighted by Crippen LogP contribution is -2.36. The zero-order valence-electron chi connectivity index (χ0n) is 12.5. The van der Waals surface area contributed by atoms with E-state index in [-0.39, 0.29) is 5.91 Å². The Morgan fingerprint density at radius 1 is 1.23 bits per heavy atom. The monoisotopic (exact) mass is 298 g/mol. The second-order valence-electron chi connectivity index (χ2n) is 4.88. The quantitative estimate of drug-likeness (QED) is 0.869. The van der Waals surface area contributed by atoms with Crippen molar-refractivity contribution >= 4 is 12.7 Å². The summed E-state index contributed by atoms with van der Waals surface area (Å²) in [5, 5.41) is 0. The SMILES string of the molecule is C=O.COc1ccc(CN2Cc3cccnc3CC2=O)cc1. The molecular formula is C17H18N2O3. The molecule has 0 spiro atoms. The fraction of sp³-hybridized carbons (Fsp3) is 0.235. The molecule has 3 rings (SSSR count). The molecule has 1 aliphatic rings. The van der Waals surface area contributed by atoms with Crippen molar-refractivity contribution in [1.29, 1.82) is 0 Å². The number of carbonyl (C=O) groups is 2. The molecule has 0 atom stereocenters. The van der Waals surface area contributed by atoms with Gasteiger partial charge < -0.3 is 14.4 Å². The molecule has 0 N–H and O–H groups in total. The molecule has 5 nitrogen and oxygen atoms in total. The lowest BCUT2D eigenvalue weighted by molar-refractivity contribution is -0.132. The number of rotatable bonds is 3. The van der Waals surface area contributed by atoms with Gasteiger partial charge in [0.1, 0.15) is 12.5 Å². The number of hydrogen-bond acceptors (Lipinski definition) is 4. The summed E-state index contributed by atoms with van der Waals surface area (Å²) >= 11 is 0. The highest BCUT2D eigenvalue weighted by Crippen LogP contribution is 2.20. The van der Waals surface area contributed by atoms with E-state index >= 15 is 0 Å². The van der Waals surface area contributed by atoms with Crippen LogP contribution in [0.1, 0.15) is 16.8 Å². The molecule has 0 saturated carbocycles. The van der Waals surface area contributed by atoms with Crippen LogP contribution in [0, 0.1) is 0 Å². The first-order chi connectivity index (χ1) is 10.8. The van der Waals surface area contributed by atoms with Crippen molar-refractivity contribution in [3.63, 3.8) is 0 Å². The third-order valence-corrected chi connectivity index (χ3v) is 3.55. The van der Waals surface area contributed by atoms with Crippen molar-refractivity contribution in [2.75, 3.05) is 7.11 Å². The number of methoxy groups -OCH3 is 1. The third-order valence-electron chi connectivity index (χ3n) is 3.55. The number of ether oxygens (including phenoxy) is 1. The Labute approximate surface area is 129 Å². The summed E-state index contributed by atoms with van der Waals surface area (Å²) < 4.78 is 5.14. The molecule has 1 aromatic carbocycles. The summed E-state index contributed by atoms with van der Waals surface area (Å²) in [5.74, 6) is 0.959. The maximum atomic E-state index is 12.1. The Hall–Kier alpha value is -2.69. The lowest BCUT2D eigenvalue weighted by Gasteiger charge is -2.28. The molecular weight excluding hydrogens is 280 g/mol. The van der Waals surface area contributed by atoms with Crippen molar-refractivity contribution in [2.45, 2.75) is 19.5 Å². The topological polar surface area (TPSA) is 59.5 Å². The number of carbonyl (C=O) groups excluding carboxylic acids is 2. The van der Waals surface area contributed by atoms with E-state index in [1.807, 2.05) is 48.1 Å². The van der Waals surface area contributed by atoms with Crippen molar-refractivity contribution in [1.82, 2.24) is 9.88 Å². The van der Waals surface area contributed by atoms with Crippen LogP contribution in [0.25, 0.3) is 0 Å². The van der Waals surface area contributed by atoms with E-state index in [1.165, 1.54) is 0 Å². The van der Waals surface area contributed by atoms with Gasteiger partial charge in [-0.15, -0.1) is 0 Å². The average Bonchev–Trinajstić information content (AvgIpc) is 2.58. The van der Waals surface area contributed by atoms with Gasteiger partial charge in [0.2, 0.25) is 5.91 Å². The summed E-state index contributed by atoms with van der Waals surface area (Å²) in [7, 11) is 1.65. The highest BCUT2D eigenvalue weighted by atomic mass is 16.5. The molecule has 0 bridgehead atoms. The van der Waals surface area contributed by atoms with E-state index in [2.05, 4.69) is 4.98 Å². The second-order valence-corrected chi connectivity index (χ2v) is 4.88. The van der Waals surface area contributed by atoms with Gasteiger partial charge in [0.15, 0.2) is 0 Å². The molecule has 0 unspecified atom stereocenters. The number of nitrogens with zero attached hydrogens (tertiary/aromatic N) is 2. The van der Waals surface area contributed by atoms with E-state index in [0.717, 1.165) is 22.6 Å². The van der Waals surface area contributed by atoms with Gasteiger partial charge in [-0.1, -0.05) is 18.2 Å². The van der Waals surface area contributed by atoms with Gasteiger partial charge in [0.25, 0.3) is 0 Å². The van der Waals surface area contributed by atoms with Gasteiger partial charge in [-0.2, -0.15) is 0 Å². The minimum absolute atomic E-state index is 0.131. The van der Waals surface area contributed by atoms with Crippen LogP contribution in [0.2, 0.25) is 0 Å². The third kappa shape index (κ3) is 3.49. The van der Waals surface area contributed by atoms with Crippen LogP contribution in [-0.4, -0.2) is 29.7 Å². The van der Waals surface area contributed by atoms with Crippen LogP contribution < -0.4 is 4.74 Å². The highest BCUT2D eigenvalue weighted by Gasteiger charge is 2.23. The standard InChI is InChI=1S/C16H16N2O2.CH2O/c1-20-14-6-4-12(5-7-14)10-18-11-13-3-2-8-17-15(13)9-16(18)19;1-2/h2-8H,9-11H2,1H3;1H2. The zero-order valence-corrected chi connectivity index (χ0v) is 12.5. The summed E-state index contributed by atoms with van der Waals surface area (Å²) in [6.45, 7) is 3.26. The van der Waals surface area contributed by atoms with E-state index < -0.39 is 0 Å². The van der Waals surface area contributed by atoms with Crippen LogP contribution in [-0.2, 0) is 29.1 Å². The van der Waals surface area contributed by atoms with Gasteiger partial charge in [0.05, 0.1) is 19.2 Å². The smallest absolute Gasteiger partial charge is 0.229 e. The molecule has 1 aliphatic heterocycles. The number of pyridine rings is 1. The molecule has 1 aromatic heterocycles. The van der Waals surface area contributed by atoms with Crippen LogP contribution in [0.3, 0.4) is 0 Å². The molecule has 22 heavy (non-hydrogen) atoms. The van der Waals surface area contributed by atoms with Crippen molar-refractivity contribution in [3.8, 4) is 5.75 Å². The average molecular weight is 298 g/mol. The molecule has 2 heterocycles. The number of aromatic nitrogens is 1. The molecule has 0 aliphatic carbocycles. The zero-order chi connectivity index (χ0) is 15.9. The Bertz CT molecular complexity index is 641. The van der Waals surface area contributed by atoms with Crippen molar-refractivity contribution < 1.29 is 14.3 Å². The first-order valence-electron chi connectivity index (χ1n) is 6.88. The van der Waals surface area contributed by atoms with Crippen LogP contribution >= 0.6 is 0 Å². The molecule has 114 valence electrons. The van der Waals surface area contributed by atoms with Gasteiger partial charge >= 0.3 is 0 Å². The Balaban J connectivity index is 0.000000847. The van der Waals surface area contributed by atoms with E-state index in [4.69, 9.17) is 9.53 Å². The molecule has 5 heteroatoms. The number of fused-ring (bicyclic) bond motifs is 1. The van der Waals surface area contributed by atoms with Gasteiger partial charge in [0, 0.05) is 19.3 Å². The van der Waals surface area contributed by atoms with E-state index in [9.17, 15) is 4.79 Å². The summed E-state index contributed by atoms with van der Waals surface area (Å²) in [4.78, 5) is 26.3. The van der Waals surface area contributed by atoms with E-state index in [1.54, 1.807) is 13.3 Å². The van der Waals surface area contributed by atoms with Gasteiger partial charge in [-0.05, 0) is 29.3 Å². The van der Waals surface area contributed by atoms with Gasteiger partial charge in [-0.3, -0.25) is 9.78 Å². The van der Waals surface area contributed by atoms with Crippen LogP contribution in [0.5, 0.6) is 5.75 Å². The van der Waals surface area contributed by atoms with Crippen molar-refractivity contribution in [2.24, 2.45) is 0 Å². The first-order valence-corrected chi connectivity index (χ1v) is 6.88. The van der Waals surface area contributed by atoms with Crippen LogP contribution in [0.15, 0.2) is 42.6 Å². The first kappa shape index (κ1) is 15.7. The molecule has 0 saturated heterocycles. The minimum atomic E-state index is 0.131. The minimum Gasteiger partial charge on any atom is -0.497 e. The fourth-order valence-corrected chi connectivity index (χ4v) is 2.42. The molecule has 0 fully saturated rings. The maximum Gasteiger partial charge on any atom is 0.229 e. The Kier molecular flexibility index (Phi) is 5.25. The van der Waals surface area contributed by atoms with E-state index in [0.29, 0.717) is 19.5 Å². The van der Waals surface area contributed by atoms with Crippen molar-refractivity contribution in [3.05, 3.63) is 59.4 Å². The van der Waals surface area contributed by atoms with Gasteiger partial charge in [-0.25, -0.2) is 0 Å². The number of benzene rings is 1. The normalized spacial score (nSPS) is 13.0. The molecule has 0 radical (unpaired) electrons. The Morgan fingerprint density at radius 3 is 2.64 bits per heavy atom. The largest absolute Gasteiger partial charge is 0.497 e. The second kappa shape index (κ2) is 7.36. The lowest BCUT2D eigenvalue weighted by atomic mass is 10.0. The van der Waals surface area contributed by atoms with Crippen LogP contribution in [0.4, 0.5) is 0 Å². The molecule has 1 amide bonds. The molecule has 2 aromatic rings. The number of amides is 1. The fourth-order valence-electron chi connectivity index (χ4n) is 2.42. The summed E-state index contributed by atoms with van der Waals surface area (Å²) in [6.07, 6.45) is 2.14. The predicted molar refractivity (Wildman–Crippen MR) is 82.3 cm³/mol. The predicted octanol–water partition coefficient (Wildman–Crippen LogP) is 1.99. The Morgan fingerprint density at radius 2 is 1.95 bits per heavy atom. The highest BCUT2D eigenvalue weighted by molar-refractivity contribution is 5.80.